The molecule has 250 valence electrons. The first-order valence-electron chi connectivity index (χ1n) is 17.3. The van der Waals surface area contributed by atoms with Gasteiger partial charge in [-0.15, -0.1) is 0 Å². The van der Waals surface area contributed by atoms with Gasteiger partial charge in [-0.05, 0) is 0 Å². The summed E-state index contributed by atoms with van der Waals surface area (Å²) in [7, 11) is -4.80. The van der Waals surface area contributed by atoms with Crippen LogP contribution in [0.15, 0.2) is 66.7 Å². The van der Waals surface area contributed by atoms with Gasteiger partial charge in [-0.3, -0.25) is 0 Å². The molecule has 4 aromatic carbocycles. The Morgan fingerprint density at radius 3 is 1.11 bits per heavy atom. The second kappa shape index (κ2) is 9.86. The fraction of sp³-hybridized carbons (Fsp3) is 0.429. The van der Waals surface area contributed by atoms with E-state index < -0.39 is 7.43 Å². The minimum atomic E-state index is -4.80. The van der Waals surface area contributed by atoms with Gasteiger partial charge in [-0.2, -0.15) is 0 Å². The molecule has 0 unspecified atom stereocenters. The van der Waals surface area contributed by atoms with Gasteiger partial charge in [-0.25, -0.2) is 0 Å². The monoisotopic (exact) mass is 651 g/mol. The maximum atomic E-state index is 7.99. The molecular weight excluding hydrogens is 597 g/mol. The van der Waals surface area contributed by atoms with Gasteiger partial charge in [0.25, 0.3) is 0 Å². The van der Waals surface area contributed by atoms with Gasteiger partial charge in [0.1, 0.15) is 0 Å². The summed E-state index contributed by atoms with van der Waals surface area (Å²) in [6.07, 6.45) is 0. The van der Waals surface area contributed by atoms with Crippen molar-refractivity contribution in [2.75, 3.05) is 0 Å². The molecule has 5 heteroatoms. The normalized spacial score (nSPS) is 21.6. The van der Waals surface area contributed by atoms with Crippen molar-refractivity contribution in [1.29, 1.82) is 0 Å². The Hall–Kier alpha value is -3.33. The van der Waals surface area contributed by atoms with E-state index in [-0.39, 0.29) is 16.2 Å². The van der Waals surface area contributed by atoms with E-state index in [0.29, 0.717) is 4.25 Å². The van der Waals surface area contributed by atoms with Gasteiger partial charge in [-0.1, -0.05) is 0 Å². The third kappa shape index (κ3) is 4.61. The van der Waals surface area contributed by atoms with Crippen molar-refractivity contribution >= 4 is 12.7 Å². The first-order valence-corrected chi connectivity index (χ1v) is 19.5. The summed E-state index contributed by atoms with van der Waals surface area (Å²) in [5, 5.41) is 1.02. The standard InChI is InChI=1S/C42H54NO3P/c1-27-18-30-24-43-25-31-19-28(2)22-35(41(7,8)9)38(31)45-47(43,33-16-14-13-15-17-33,44-37(30)34(21-27)40(4,5)6)46-39-32(26-43)20-29(3)23-36(39)42(10,11)12/h13-23,47H,24-26H2,1-12H3. The van der Waals surface area contributed by atoms with E-state index in [4.69, 9.17) is 13.6 Å². The van der Waals surface area contributed by atoms with Gasteiger partial charge < -0.3 is 0 Å². The first-order chi connectivity index (χ1) is 21.8. The van der Waals surface area contributed by atoms with Crippen LogP contribution < -0.4 is 18.9 Å². The number of quaternary nitrogens is 1. The Bertz CT molecular complexity index is 1750. The Balaban J connectivity index is 1.67. The summed E-state index contributed by atoms with van der Waals surface area (Å²) in [6, 6.07) is 24.7. The second-order valence-corrected chi connectivity index (χ2v) is 21.9. The molecule has 0 amide bonds. The molecule has 0 saturated heterocycles. The molecule has 7 rings (SSSR count). The molecule has 0 fully saturated rings. The molecule has 0 bridgehead atoms. The summed E-state index contributed by atoms with van der Waals surface area (Å²) in [4.78, 5) is 0. The Morgan fingerprint density at radius 1 is 0.489 bits per heavy atom. The molecule has 0 N–H and O–H groups in total. The molecule has 0 aromatic heterocycles. The van der Waals surface area contributed by atoms with E-state index in [1.54, 1.807) is 0 Å². The Kier molecular flexibility index (Phi) is 6.76. The molecule has 47 heavy (non-hydrogen) atoms. The second-order valence-electron chi connectivity index (χ2n) is 17.9. The molecule has 0 aliphatic carbocycles. The number of fused-ring (bicyclic) bond motifs is 3. The van der Waals surface area contributed by atoms with Crippen molar-refractivity contribution in [3.63, 3.8) is 0 Å². The summed E-state index contributed by atoms with van der Waals surface area (Å²) >= 11 is 0. The molecule has 0 atom stereocenters. The molecule has 3 heterocycles. The topological polar surface area (TPSA) is 27.7 Å². The third-order valence-electron chi connectivity index (χ3n) is 10.7. The van der Waals surface area contributed by atoms with Crippen LogP contribution in [0.25, 0.3) is 0 Å². The molecule has 4 aromatic rings. The zero-order chi connectivity index (χ0) is 34.0. The van der Waals surface area contributed by atoms with Gasteiger partial charge in [0, 0.05) is 0 Å². The fourth-order valence-corrected chi connectivity index (χ4v) is 14.0. The van der Waals surface area contributed by atoms with Crippen molar-refractivity contribution in [2.45, 2.75) is 119 Å². The average molecular weight is 652 g/mol. The van der Waals surface area contributed by atoms with Crippen LogP contribution >= 0.6 is 7.43 Å². The molecule has 0 spiro atoms. The third-order valence-corrected chi connectivity index (χ3v) is 15.8. The van der Waals surface area contributed by atoms with Crippen LogP contribution in [0.4, 0.5) is 0 Å². The van der Waals surface area contributed by atoms with Gasteiger partial charge >= 0.3 is 284 Å². The first kappa shape index (κ1) is 32.2. The van der Waals surface area contributed by atoms with Crippen LogP contribution in [0.1, 0.15) is 112 Å². The number of hydrogen-bond donors (Lipinski definition) is 0. The SMILES string of the molecule is Cc1cc2c(c(C(C)(C)C)c1)O[PH-]13(c4ccccc4)Oc4c(cc(C)cc4C(C)(C)C)C[N+]1(C2)Cc1cc(C)cc(C(C)(C)C)c1O3. The van der Waals surface area contributed by atoms with Crippen molar-refractivity contribution in [2.24, 2.45) is 0 Å². The average Bonchev–Trinajstić information content (AvgIpc) is 2.95. The van der Waals surface area contributed by atoms with Gasteiger partial charge in [0.15, 0.2) is 0 Å². The van der Waals surface area contributed by atoms with Crippen molar-refractivity contribution in [3.8, 4) is 17.2 Å². The molecular formula is C42H54NO3P. The summed E-state index contributed by atoms with van der Waals surface area (Å²) in [5.74, 6) is 2.82. The molecule has 3 aliphatic rings. The van der Waals surface area contributed by atoms with Gasteiger partial charge in [0.2, 0.25) is 0 Å². The number of hydrogen-bond acceptors (Lipinski definition) is 3. The number of aryl methyl sites for hydroxylation is 3. The molecule has 3 aliphatic heterocycles. The Morgan fingerprint density at radius 2 is 0.809 bits per heavy atom. The summed E-state index contributed by atoms with van der Waals surface area (Å²) in [6.45, 7) is 29.5. The van der Waals surface area contributed by atoms with E-state index >= 15 is 0 Å². The quantitative estimate of drug-likeness (QED) is 0.192. The van der Waals surface area contributed by atoms with Crippen molar-refractivity contribution in [3.05, 3.63) is 117 Å². The van der Waals surface area contributed by atoms with Crippen LogP contribution in [0.5, 0.6) is 17.2 Å². The van der Waals surface area contributed by atoms with E-state index in [2.05, 4.69) is 150 Å². The van der Waals surface area contributed by atoms with Crippen LogP contribution in [0.3, 0.4) is 0 Å². The van der Waals surface area contributed by atoms with Crippen LogP contribution in [-0.4, -0.2) is 4.25 Å². The molecule has 0 radical (unpaired) electrons. The fourth-order valence-electron chi connectivity index (χ4n) is 8.55. The van der Waals surface area contributed by atoms with E-state index in [0.717, 1.165) is 42.2 Å². The van der Waals surface area contributed by atoms with E-state index in [9.17, 15) is 0 Å². The number of nitrogens with zero attached hydrogens (tertiary/aromatic N) is 1. The molecule has 4 nitrogen and oxygen atoms in total. The maximum absolute atomic E-state index is 7.99. The van der Waals surface area contributed by atoms with E-state index in [1.807, 2.05) is 0 Å². The van der Waals surface area contributed by atoms with E-state index in [1.165, 1.54) is 50.1 Å². The van der Waals surface area contributed by atoms with Crippen LogP contribution in [0, 0.1) is 20.8 Å². The summed E-state index contributed by atoms with van der Waals surface area (Å²) < 4.78 is 24.5. The number of benzene rings is 4. The predicted molar refractivity (Wildman–Crippen MR) is 197 cm³/mol. The zero-order valence-electron chi connectivity index (χ0n) is 30.6. The summed E-state index contributed by atoms with van der Waals surface area (Å²) in [5.41, 5.74) is 10.7. The van der Waals surface area contributed by atoms with Crippen molar-refractivity contribution < 1.29 is 17.8 Å². The predicted octanol–water partition coefficient (Wildman–Crippen LogP) is 10.7. The van der Waals surface area contributed by atoms with Crippen LogP contribution in [-0.2, 0) is 35.9 Å². The van der Waals surface area contributed by atoms with Gasteiger partial charge in [0.05, 0.1) is 0 Å². The molecule has 0 saturated carbocycles. The Labute approximate surface area is 282 Å². The van der Waals surface area contributed by atoms with Crippen molar-refractivity contribution in [1.82, 2.24) is 0 Å². The van der Waals surface area contributed by atoms with Crippen LogP contribution in [0.2, 0.25) is 0 Å². The zero-order valence-corrected chi connectivity index (χ0v) is 31.6. The minimum absolute atomic E-state index is 0.144. The number of rotatable bonds is 1.